The first-order chi connectivity index (χ1) is 7.72. The van der Waals surface area contributed by atoms with Crippen LogP contribution in [0.25, 0.3) is 0 Å². The lowest BCUT2D eigenvalue weighted by molar-refractivity contribution is -0.125. The largest absolute Gasteiger partial charge is 0.444 e. The highest BCUT2D eigenvalue weighted by Crippen LogP contribution is 2.00. The molecule has 1 aromatic rings. The predicted molar refractivity (Wildman–Crippen MR) is 54.9 cm³/mol. The maximum atomic E-state index is 11.1. The van der Waals surface area contributed by atoms with Gasteiger partial charge in [-0.3, -0.25) is 14.9 Å². The monoisotopic (exact) mass is 224 g/mol. The van der Waals surface area contributed by atoms with E-state index in [1.807, 2.05) is 23.5 Å². The molecule has 2 amide bonds. The Bertz CT molecular complexity index is 353. The lowest BCUT2D eigenvalue weighted by atomic mass is 10.2. The molecule has 3 N–H and O–H groups in total. The number of benzene rings is 1. The molecular weight excluding hydrogens is 212 g/mol. The van der Waals surface area contributed by atoms with Gasteiger partial charge in [0.1, 0.15) is 13.2 Å². The molecule has 6 nitrogen and oxygen atoms in total. The van der Waals surface area contributed by atoms with Crippen molar-refractivity contribution in [2.75, 3.05) is 6.61 Å². The summed E-state index contributed by atoms with van der Waals surface area (Å²) in [7, 11) is 0. The zero-order valence-corrected chi connectivity index (χ0v) is 8.51. The average Bonchev–Trinajstić information content (AvgIpc) is 2.28. The first-order valence-electron chi connectivity index (χ1n) is 4.54. The second-order valence-corrected chi connectivity index (χ2v) is 2.92. The van der Waals surface area contributed by atoms with E-state index in [9.17, 15) is 9.59 Å². The van der Waals surface area contributed by atoms with Gasteiger partial charge < -0.3 is 4.74 Å². The lowest BCUT2D eigenvalue weighted by Gasteiger charge is -2.05. The standard InChI is InChI=1S/C10H12N2O4/c11-16-7-9(13)12-10(14)15-6-8-4-2-1-3-5-8/h1-5H,6-7,11H2,(H,12,13,14). The third-order valence-corrected chi connectivity index (χ3v) is 1.67. The van der Waals surface area contributed by atoms with Gasteiger partial charge in [-0.05, 0) is 5.56 Å². The van der Waals surface area contributed by atoms with E-state index in [2.05, 4.69) is 10.7 Å². The van der Waals surface area contributed by atoms with Crippen LogP contribution in [0.4, 0.5) is 4.79 Å². The summed E-state index contributed by atoms with van der Waals surface area (Å²) >= 11 is 0. The van der Waals surface area contributed by atoms with E-state index in [1.54, 1.807) is 12.1 Å². The topological polar surface area (TPSA) is 90.6 Å². The van der Waals surface area contributed by atoms with Crippen LogP contribution in [-0.4, -0.2) is 18.6 Å². The molecule has 16 heavy (non-hydrogen) atoms. The van der Waals surface area contributed by atoms with Crippen LogP contribution in [0, 0.1) is 0 Å². The molecule has 0 saturated heterocycles. The Labute approximate surface area is 92.3 Å². The van der Waals surface area contributed by atoms with E-state index in [4.69, 9.17) is 4.74 Å². The molecule has 0 saturated carbocycles. The van der Waals surface area contributed by atoms with Crippen molar-refractivity contribution in [1.29, 1.82) is 0 Å². The molecule has 0 bridgehead atoms. The summed E-state index contributed by atoms with van der Waals surface area (Å²) in [5, 5.41) is 1.95. The molecule has 0 aliphatic rings. The highest BCUT2D eigenvalue weighted by atomic mass is 16.6. The summed E-state index contributed by atoms with van der Waals surface area (Å²) in [5.74, 6) is 4.00. The van der Waals surface area contributed by atoms with E-state index < -0.39 is 12.0 Å². The maximum Gasteiger partial charge on any atom is 0.414 e. The Morgan fingerprint density at radius 1 is 1.25 bits per heavy atom. The average molecular weight is 224 g/mol. The van der Waals surface area contributed by atoms with E-state index in [1.165, 1.54) is 0 Å². The third-order valence-electron chi connectivity index (χ3n) is 1.67. The second kappa shape index (κ2) is 6.54. The molecule has 0 heterocycles. The molecule has 1 rings (SSSR count). The number of nitrogens with two attached hydrogens (primary N) is 1. The van der Waals surface area contributed by atoms with Gasteiger partial charge in [-0.2, -0.15) is 0 Å². The molecule has 1 aromatic carbocycles. The van der Waals surface area contributed by atoms with Crippen LogP contribution in [0.15, 0.2) is 30.3 Å². The van der Waals surface area contributed by atoms with Crippen LogP contribution >= 0.6 is 0 Å². The molecule has 0 radical (unpaired) electrons. The Morgan fingerprint density at radius 3 is 2.56 bits per heavy atom. The molecule has 0 aliphatic carbocycles. The zero-order valence-electron chi connectivity index (χ0n) is 8.51. The van der Waals surface area contributed by atoms with Crippen LogP contribution in [0.2, 0.25) is 0 Å². The summed E-state index contributed by atoms with van der Waals surface area (Å²) in [5.41, 5.74) is 0.833. The number of hydrogen-bond acceptors (Lipinski definition) is 5. The number of carbonyl (C=O) groups excluding carboxylic acids is 2. The number of alkyl carbamates (subject to hydrolysis) is 1. The third kappa shape index (κ3) is 4.54. The van der Waals surface area contributed by atoms with Crippen molar-refractivity contribution in [3.8, 4) is 0 Å². The summed E-state index contributed by atoms with van der Waals surface area (Å²) < 4.78 is 4.78. The Morgan fingerprint density at radius 2 is 1.94 bits per heavy atom. The molecule has 0 unspecified atom stereocenters. The summed E-state index contributed by atoms with van der Waals surface area (Å²) in [6.45, 7) is -0.288. The molecule has 0 atom stereocenters. The molecule has 0 fully saturated rings. The van der Waals surface area contributed by atoms with Crippen molar-refractivity contribution >= 4 is 12.0 Å². The minimum atomic E-state index is -0.828. The van der Waals surface area contributed by atoms with Crippen LogP contribution < -0.4 is 11.2 Å². The lowest BCUT2D eigenvalue weighted by Crippen LogP contribution is -2.34. The number of nitrogens with one attached hydrogen (secondary N) is 1. The summed E-state index contributed by atoms with van der Waals surface area (Å²) in [6.07, 6.45) is -0.828. The van der Waals surface area contributed by atoms with E-state index in [0.717, 1.165) is 5.56 Å². The van der Waals surface area contributed by atoms with Gasteiger partial charge in [0, 0.05) is 0 Å². The fourth-order valence-corrected chi connectivity index (χ4v) is 0.985. The van der Waals surface area contributed by atoms with Crippen molar-refractivity contribution in [3.05, 3.63) is 35.9 Å². The van der Waals surface area contributed by atoms with E-state index in [-0.39, 0.29) is 13.2 Å². The van der Waals surface area contributed by atoms with Crippen molar-refractivity contribution in [2.24, 2.45) is 5.90 Å². The summed E-state index contributed by atoms with van der Waals surface area (Å²) in [6, 6.07) is 9.11. The van der Waals surface area contributed by atoms with Crippen LogP contribution in [-0.2, 0) is 21.0 Å². The SMILES string of the molecule is NOCC(=O)NC(=O)OCc1ccccc1. The van der Waals surface area contributed by atoms with Gasteiger partial charge in [0.05, 0.1) is 0 Å². The van der Waals surface area contributed by atoms with Crippen molar-refractivity contribution in [2.45, 2.75) is 6.61 Å². The Kier molecular flexibility index (Phi) is 4.97. The molecule has 0 aromatic heterocycles. The van der Waals surface area contributed by atoms with Gasteiger partial charge in [0.2, 0.25) is 0 Å². The first kappa shape index (κ1) is 12.2. The van der Waals surface area contributed by atoms with Crippen molar-refractivity contribution in [1.82, 2.24) is 5.32 Å². The minimum absolute atomic E-state index is 0.101. The number of carbonyl (C=O) groups is 2. The van der Waals surface area contributed by atoms with Gasteiger partial charge in [0.25, 0.3) is 5.91 Å². The van der Waals surface area contributed by atoms with Crippen LogP contribution in [0.5, 0.6) is 0 Å². The second-order valence-electron chi connectivity index (χ2n) is 2.92. The first-order valence-corrected chi connectivity index (χ1v) is 4.54. The van der Waals surface area contributed by atoms with Crippen molar-refractivity contribution in [3.63, 3.8) is 0 Å². The van der Waals surface area contributed by atoms with Gasteiger partial charge in [-0.15, -0.1) is 0 Å². The van der Waals surface area contributed by atoms with E-state index in [0.29, 0.717) is 0 Å². The fourth-order valence-electron chi connectivity index (χ4n) is 0.985. The van der Waals surface area contributed by atoms with E-state index >= 15 is 0 Å². The minimum Gasteiger partial charge on any atom is -0.444 e. The van der Waals surface area contributed by atoms with Gasteiger partial charge in [0.15, 0.2) is 0 Å². The van der Waals surface area contributed by atoms with Crippen LogP contribution in [0.1, 0.15) is 5.56 Å². The maximum absolute atomic E-state index is 11.1. The van der Waals surface area contributed by atoms with Gasteiger partial charge >= 0.3 is 6.09 Å². The fraction of sp³-hybridized carbons (Fsp3) is 0.200. The molecule has 86 valence electrons. The van der Waals surface area contributed by atoms with Crippen LogP contribution in [0.3, 0.4) is 0 Å². The molecule has 0 aliphatic heterocycles. The van der Waals surface area contributed by atoms with Gasteiger partial charge in [-0.1, -0.05) is 30.3 Å². The zero-order chi connectivity index (χ0) is 11.8. The van der Waals surface area contributed by atoms with Gasteiger partial charge in [-0.25, -0.2) is 10.7 Å². The highest BCUT2D eigenvalue weighted by Gasteiger charge is 2.08. The Hall–Kier alpha value is -1.92. The number of hydrogen-bond donors (Lipinski definition) is 2. The molecule has 0 spiro atoms. The predicted octanol–water partition coefficient (Wildman–Crippen LogP) is 0.330. The number of rotatable bonds is 4. The smallest absolute Gasteiger partial charge is 0.414 e. The molecular formula is C10H12N2O4. The quantitative estimate of drug-likeness (QED) is 0.719. The summed E-state index contributed by atoms with van der Waals surface area (Å²) in [4.78, 5) is 25.9. The normalized spacial score (nSPS) is 9.56. The highest BCUT2D eigenvalue weighted by molar-refractivity contribution is 5.92. The number of imide groups is 1. The number of ether oxygens (including phenoxy) is 1. The Balaban J connectivity index is 2.28. The van der Waals surface area contributed by atoms with Crippen molar-refractivity contribution < 1.29 is 19.2 Å². The number of amides is 2. The molecule has 6 heteroatoms.